The zero-order valence-corrected chi connectivity index (χ0v) is 12.6. The van der Waals surface area contributed by atoms with Gasteiger partial charge in [0.05, 0.1) is 6.33 Å². The zero-order valence-electron chi connectivity index (χ0n) is 11.7. The fourth-order valence-corrected chi connectivity index (χ4v) is 2.41. The number of aromatic nitrogens is 4. The standard InChI is InChI=1S/C11H15N4O5P/c1-3-14-7-12-9-8(14)10(16)15(11(17)13(9)2)5-4-6-20-21(18)19/h7H,3-6H2,1-2H3/p+1. The molecule has 0 spiro atoms. The first-order valence-electron chi connectivity index (χ1n) is 6.41. The van der Waals surface area contributed by atoms with Crippen LogP contribution < -0.4 is 11.2 Å². The molecule has 0 saturated carbocycles. The fourth-order valence-electron chi connectivity index (χ4n) is 2.12. The number of hydrogen-bond acceptors (Lipinski definition) is 5. The van der Waals surface area contributed by atoms with Gasteiger partial charge < -0.3 is 4.57 Å². The monoisotopic (exact) mass is 315 g/mol. The lowest BCUT2D eigenvalue weighted by atomic mass is 10.4. The van der Waals surface area contributed by atoms with Crippen molar-refractivity contribution in [1.82, 2.24) is 18.7 Å². The van der Waals surface area contributed by atoms with Gasteiger partial charge in [-0.1, -0.05) is 0 Å². The predicted octanol–water partition coefficient (Wildman–Crippen LogP) is -0.0270. The molecule has 1 N–H and O–H groups in total. The Labute approximate surface area is 120 Å². The van der Waals surface area contributed by atoms with Gasteiger partial charge in [-0.25, -0.2) is 9.78 Å². The summed E-state index contributed by atoms with van der Waals surface area (Å²) in [6, 6.07) is 0. The Morgan fingerprint density at radius 3 is 2.76 bits per heavy atom. The Morgan fingerprint density at radius 2 is 2.14 bits per heavy atom. The molecule has 0 aliphatic carbocycles. The molecule has 0 aliphatic rings. The molecule has 2 aromatic rings. The van der Waals surface area contributed by atoms with Crippen molar-refractivity contribution in [3.8, 4) is 0 Å². The number of fused-ring (bicyclic) bond motifs is 1. The number of rotatable bonds is 6. The third-order valence-corrected chi connectivity index (χ3v) is 3.57. The molecule has 0 aliphatic heterocycles. The zero-order chi connectivity index (χ0) is 15.6. The van der Waals surface area contributed by atoms with Crippen LogP contribution in [0.3, 0.4) is 0 Å². The van der Waals surface area contributed by atoms with E-state index in [1.807, 2.05) is 6.92 Å². The summed E-state index contributed by atoms with van der Waals surface area (Å²) in [4.78, 5) is 37.2. The highest BCUT2D eigenvalue weighted by atomic mass is 31.1. The van der Waals surface area contributed by atoms with E-state index in [9.17, 15) is 14.2 Å². The highest BCUT2D eigenvalue weighted by Gasteiger charge is 2.16. The molecule has 2 aromatic heterocycles. The van der Waals surface area contributed by atoms with Crippen LogP contribution in [0.4, 0.5) is 0 Å². The summed E-state index contributed by atoms with van der Waals surface area (Å²) < 4.78 is 19.0. The summed E-state index contributed by atoms with van der Waals surface area (Å²) in [7, 11) is -1.12. The minimum absolute atomic E-state index is 0.00756. The van der Waals surface area contributed by atoms with Crippen LogP contribution in [0.1, 0.15) is 13.3 Å². The number of nitrogens with zero attached hydrogens (tertiary/aromatic N) is 4. The molecule has 2 heterocycles. The molecule has 1 unspecified atom stereocenters. The first kappa shape index (κ1) is 15.6. The maximum atomic E-state index is 12.4. The van der Waals surface area contributed by atoms with E-state index in [0.29, 0.717) is 17.7 Å². The normalized spacial score (nSPS) is 12.0. The highest BCUT2D eigenvalue weighted by Crippen LogP contribution is 2.14. The van der Waals surface area contributed by atoms with E-state index in [2.05, 4.69) is 9.51 Å². The van der Waals surface area contributed by atoms with E-state index in [1.165, 1.54) is 10.9 Å². The van der Waals surface area contributed by atoms with Crippen LogP contribution >= 0.6 is 8.25 Å². The van der Waals surface area contributed by atoms with Crippen molar-refractivity contribution in [2.75, 3.05) is 6.61 Å². The van der Waals surface area contributed by atoms with Gasteiger partial charge in [0.2, 0.25) is 0 Å². The summed E-state index contributed by atoms with van der Waals surface area (Å²) in [5.41, 5.74) is -0.172. The fraction of sp³-hybridized carbons (Fsp3) is 0.545. The third kappa shape index (κ3) is 2.94. The second-order valence-electron chi connectivity index (χ2n) is 4.43. The van der Waals surface area contributed by atoms with Crippen molar-refractivity contribution in [3.05, 3.63) is 27.2 Å². The number of imidazole rings is 1. The van der Waals surface area contributed by atoms with Crippen LogP contribution in [-0.4, -0.2) is 30.2 Å². The third-order valence-electron chi connectivity index (χ3n) is 3.17. The topological polar surface area (TPSA) is 108 Å². The lowest BCUT2D eigenvalue weighted by Crippen LogP contribution is -2.39. The molecule has 0 aromatic carbocycles. The van der Waals surface area contributed by atoms with Crippen molar-refractivity contribution in [3.63, 3.8) is 0 Å². The van der Waals surface area contributed by atoms with Crippen LogP contribution in [0.15, 0.2) is 15.9 Å². The van der Waals surface area contributed by atoms with Gasteiger partial charge in [0, 0.05) is 24.7 Å². The summed E-state index contributed by atoms with van der Waals surface area (Å²) in [6.07, 6.45) is 1.80. The van der Waals surface area contributed by atoms with Crippen LogP contribution in [0, 0.1) is 0 Å². The molecule has 0 bridgehead atoms. The molecule has 0 fully saturated rings. The van der Waals surface area contributed by atoms with E-state index in [1.54, 1.807) is 11.6 Å². The summed E-state index contributed by atoms with van der Waals surface area (Å²) in [6.45, 7) is 2.55. The van der Waals surface area contributed by atoms with Crippen molar-refractivity contribution in [1.29, 1.82) is 0 Å². The van der Waals surface area contributed by atoms with Crippen molar-refractivity contribution in [2.45, 2.75) is 26.4 Å². The van der Waals surface area contributed by atoms with E-state index in [4.69, 9.17) is 4.89 Å². The van der Waals surface area contributed by atoms with Gasteiger partial charge in [0.1, 0.15) is 6.61 Å². The average Bonchev–Trinajstić information content (AvgIpc) is 2.88. The van der Waals surface area contributed by atoms with Crippen LogP contribution in [0.25, 0.3) is 11.2 Å². The molecule has 114 valence electrons. The van der Waals surface area contributed by atoms with Gasteiger partial charge in [0.15, 0.2) is 11.2 Å². The Bertz CT molecular complexity index is 790. The Morgan fingerprint density at radius 1 is 1.43 bits per heavy atom. The SMILES string of the molecule is CCn1cnc2c1c(=O)n(CCCO[P+](=O)O)c(=O)n2C. The van der Waals surface area contributed by atoms with E-state index >= 15 is 0 Å². The Kier molecular flexibility index (Phi) is 4.66. The average molecular weight is 315 g/mol. The highest BCUT2D eigenvalue weighted by molar-refractivity contribution is 7.32. The van der Waals surface area contributed by atoms with Gasteiger partial charge >= 0.3 is 13.9 Å². The molecule has 1 atom stereocenters. The van der Waals surface area contributed by atoms with Crippen LogP contribution in [0.5, 0.6) is 0 Å². The predicted molar refractivity (Wildman–Crippen MR) is 75.3 cm³/mol. The maximum Gasteiger partial charge on any atom is 0.694 e. The van der Waals surface area contributed by atoms with Gasteiger partial charge in [-0.3, -0.25) is 13.9 Å². The smallest absolute Gasteiger partial charge is 0.325 e. The van der Waals surface area contributed by atoms with E-state index in [-0.39, 0.29) is 19.6 Å². The Hall–Kier alpha value is -1.83. The molecule has 2 rings (SSSR count). The van der Waals surface area contributed by atoms with Gasteiger partial charge in [-0.2, -0.15) is 0 Å². The van der Waals surface area contributed by atoms with E-state index in [0.717, 1.165) is 4.57 Å². The van der Waals surface area contributed by atoms with Gasteiger partial charge in [-0.05, 0) is 13.3 Å². The Balaban J connectivity index is 2.41. The summed E-state index contributed by atoms with van der Waals surface area (Å²) >= 11 is 0. The molecular weight excluding hydrogens is 299 g/mol. The van der Waals surface area contributed by atoms with Crippen molar-refractivity contribution in [2.24, 2.45) is 7.05 Å². The first-order chi connectivity index (χ1) is 9.97. The largest absolute Gasteiger partial charge is 0.694 e. The van der Waals surface area contributed by atoms with Gasteiger partial charge in [0.25, 0.3) is 5.56 Å². The number of aryl methyl sites for hydroxylation is 2. The minimum atomic E-state index is -2.67. The molecule has 10 heteroatoms. The lowest BCUT2D eigenvalue weighted by Gasteiger charge is -2.08. The minimum Gasteiger partial charge on any atom is -0.325 e. The molecule has 21 heavy (non-hydrogen) atoms. The second-order valence-corrected chi connectivity index (χ2v) is 5.16. The summed E-state index contributed by atoms with van der Waals surface area (Å²) in [5.74, 6) is 0. The second kappa shape index (κ2) is 6.30. The van der Waals surface area contributed by atoms with Crippen molar-refractivity contribution < 1.29 is 14.0 Å². The molecule has 9 nitrogen and oxygen atoms in total. The molecule has 0 amide bonds. The maximum absolute atomic E-state index is 12.4. The van der Waals surface area contributed by atoms with Crippen LogP contribution in [-0.2, 0) is 29.2 Å². The van der Waals surface area contributed by atoms with E-state index < -0.39 is 19.5 Å². The number of hydrogen-bond donors (Lipinski definition) is 1. The first-order valence-corrected chi connectivity index (χ1v) is 7.54. The quantitative estimate of drug-likeness (QED) is 0.592. The summed E-state index contributed by atoms with van der Waals surface area (Å²) in [5, 5.41) is 0. The van der Waals surface area contributed by atoms with Gasteiger partial charge in [-0.15, -0.1) is 9.42 Å². The van der Waals surface area contributed by atoms with Crippen LogP contribution in [0.2, 0.25) is 0 Å². The molecular formula is C11H16N4O5P+. The molecule has 0 radical (unpaired) electrons. The lowest BCUT2D eigenvalue weighted by molar-refractivity contribution is 0.270. The molecule has 0 saturated heterocycles. The van der Waals surface area contributed by atoms with Crippen molar-refractivity contribution >= 4 is 19.4 Å².